The number of benzene rings is 1. The standard InChI is InChI=1S/C14H22N2OS/c1-18-11-7-3-6-10-15-12-14(17)16-13-8-4-2-5-9-13/h2,4-5,8-9,15H,3,6-7,10-12H2,1H3,(H,16,17). The smallest absolute Gasteiger partial charge is 0.238 e. The van der Waals surface area contributed by atoms with Crippen LogP contribution in [0.25, 0.3) is 0 Å². The molecule has 0 fully saturated rings. The monoisotopic (exact) mass is 266 g/mol. The van der Waals surface area contributed by atoms with Crippen LogP contribution in [0, 0.1) is 0 Å². The Hall–Kier alpha value is -1.00. The van der Waals surface area contributed by atoms with Gasteiger partial charge in [-0.1, -0.05) is 24.6 Å². The molecule has 0 saturated carbocycles. The number of hydrogen-bond acceptors (Lipinski definition) is 3. The number of rotatable bonds is 9. The maximum absolute atomic E-state index is 11.6. The molecule has 0 radical (unpaired) electrons. The van der Waals surface area contributed by atoms with Crippen LogP contribution in [0.3, 0.4) is 0 Å². The Morgan fingerprint density at radius 2 is 1.94 bits per heavy atom. The predicted octanol–water partition coefficient (Wildman–Crippen LogP) is 2.75. The first-order chi connectivity index (χ1) is 8.83. The normalized spacial score (nSPS) is 10.3. The first-order valence-corrected chi connectivity index (χ1v) is 7.77. The number of nitrogens with one attached hydrogen (secondary N) is 2. The molecule has 1 rings (SSSR count). The highest BCUT2D eigenvalue weighted by Gasteiger charge is 2.00. The summed E-state index contributed by atoms with van der Waals surface area (Å²) >= 11 is 1.89. The van der Waals surface area contributed by atoms with Crippen LogP contribution in [-0.2, 0) is 4.79 Å². The minimum absolute atomic E-state index is 0.0188. The van der Waals surface area contributed by atoms with E-state index in [1.54, 1.807) is 0 Å². The molecule has 0 aromatic heterocycles. The van der Waals surface area contributed by atoms with Crippen LogP contribution in [0.1, 0.15) is 19.3 Å². The zero-order chi connectivity index (χ0) is 13.1. The van der Waals surface area contributed by atoms with Crippen molar-refractivity contribution in [3.63, 3.8) is 0 Å². The topological polar surface area (TPSA) is 41.1 Å². The van der Waals surface area contributed by atoms with Crippen LogP contribution in [0.15, 0.2) is 30.3 Å². The number of amides is 1. The lowest BCUT2D eigenvalue weighted by atomic mass is 10.2. The van der Waals surface area contributed by atoms with Crippen molar-refractivity contribution in [3.05, 3.63) is 30.3 Å². The molecule has 1 amide bonds. The molecule has 0 heterocycles. The maximum Gasteiger partial charge on any atom is 0.238 e. The Morgan fingerprint density at radius 3 is 2.67 bits per heavy atom. The van der Waals surface area contributed by atoms with Crippen molar-refractivity contribution in [2.24, 2.45) is 0 Å². The Bertz CT molecular complexity index is 330. The summed E-state index contributed by atoms with van der Waals surface area (Å²) in [6, 6.07) is 9.53. The van der Waals surface area contributed by atoms with Crippen molar-refractivity contribution in [3.8, 4) is 0 Å². The van der Waals surface area contributed by atoms with Crippen molar-refractivity contribution in [1.29, 1.82) is 0 Å². The van der Waals surface area contributed by atoms with Gasteiger partial charge in [0.25, 0.3) is 0 Å². The van der Waals surface area contributed by atoms with Crippen molar-refractivity contribution < 1.29 is 4.79 Å². The molecular formula is C14H22N2OS. The van der Waals surface area contributed by atoms with Crippen LogP contribution in [-0.4, -0.2) is 31.0 Å². The van der Waals surface area contributed by atoms with Gasteiger partial charge >= 0.3 is 0 Å². The van der Waals surface area contributed by atoms with Crippen molar-refractivity contribution in [2.75, 3.05) is 30.4 Å². The molecule has 1 aromatic carbocycles. The van der Waals surface area contributed by atoms with Gasteiger partial charge in [-0.2, -0.15) is 11.8 Å². The Morgan fingerprint density at radius 1 is 1.17 bits per heavy atom. The van der Waals surface area contributed by atoms with Crippen LogP contribution < -0.4 is 10.6 Å². The molecule has 0 atom stereocenters. The van der Waals surface area contributed by atoms with Gasteiger partial charge in [0, 0.05) is 5.69 Å². The fraction of sp³-hybridized carbons (Fsp3) is 0.500. The second-order valence-electron chi connectivity index (χ2n) is 4.14. The lowest BCUT2D eigenvalue weighted by Crippen LogP contribution is -2.28. The lowest BCUT2D eigenvalue weighted by molar-refractivity contribution is -0.115. The summed E-state index contributed by atoms with van der Waals surface area (Å²) in [6.45, 7) is 1.30. The first-order valence-electron chi connectivity index (χ1n) is 6.37. The van der Waals surface area contributed by atoms with Crippen LogP contribution >= 0.6 is 11.8 Å². The molecule has 0 unspecified atom stereocenters. The molecule has 4 heteroatoms. The van der Waals surface area contributed by atoms with Crippen molar-refractivity contribution >= 4 is 23.4 Å². The number of carbonyl (C=O) groups excluding carboxylic acids is 1. The molecular weight excluding hydrogens is 244 g/mol. The Balaban J connectivity index is 2.00. The molecule has 0 aliphatic heterocycles. The lowest BCUT2D eigenvalue weighted by Gasteiger charge is -2.06. The number of para-hydroxylation sites is 1. The number of unbranched alkanes of at least 4 members (excludes halogenated alkanes) is 2. The SMILES string of the molecule is CSCCCCCNCC(=O)Nc1ccccc1. The average molecular weight is 266 g/mol. The van der Waals surface area contributed by atoms with E-state index >= 15 is 0 Å². The zero-order valence-electron chi connectivity index (χ0n) is 10.9. The summed E-state index contributed by atoms with van der Waals surface area (Å²) in [5.74, 6) is 1.25. The van der Waals surface area contributed by atoms with E-state index in [-0.39, 0.29) is 5.91 Å². The second kappa shape index (κ2) is 9.97. The molecule has 0 aliphatic rings. The quantitative estimate of drug-likeness (QED) is 0.675. The summed E-state index contributed by atoms with van der Waals surface area (Å²) in [5.41, 5.74) is 0.851. The van der Waals surface area contributed by atoms with E-state index in [4.69, 9.17) is 0 Å². The molecule has 1 aromatic rings. The Kier molecular flexibility index (Phi) is 8.34. The molecule has 2 N–H and O–H groups in total. The van der Waals surface area contributed by atoms with E-state index in [0.29, 0.717) is 6.54 Å². The summed E-state index contributed by atoms with van der Waals surface area (Å²) < 4.78 is 0. The summed E-state index contributed by atoms with van der Waals surface area (Å²) in [4.78, 5) is 11.6. The summed E-state index contributed by atoms with van der Waals surface area (Å²) in [6.07, 6.45) is 5.76. The third-order valence-electron chi connectivity index (χ3n) is 2.55. The fourth-order valence-corrected chi connectivity index (χ4v) is 2.09. The molecule has 3 nitrogen and oxygen atoms in total. The van der Waals surface area contributed by atoms with Gasteiger partial charge in [0.05, 0.1) is 6.54 Å². The zero-order valence-corrected chi connectivity index (χ0v) is 11.8. The van der Waals surface area contributed by atoms with Crippen LogP contribution in [0.4, 0.5) is 5.69 Å². The summed E-state index contributed by atoms with van der Waals surface area (Å²) in [7, 11) is 0. The van der Waals surface area contributed by atoms with Gasteiger partial charge in [-0.3, -0.25) is 4.79 Å². The minimum atomic E-state index is 0.0188. The maximum atomic E-state index is 11.6. The molecule has 18 heavy (non-hydrogen) atoms. The van der Waals surface area contributed by atoms with Gasteiger partial charge in [-0.25, -0.2) is 0 Å². The third kappa shape index (κ3) is 7.35. The predicted molar refractivity (Wildman–Crippen MR) is 80.2 cm³/mol. The Labute approximate surface area is 114 Å². The number of thioether (sulfide) groups is 1. The van der Waals surface area contributed by atoms with Gasteiger partial charge in [0.15, 0.2) is 0 Å². The van der Waals surface area contributed by atoms with Crippen LogP contribution in [0.2, 0.25) is 0 Å². The van der Waals surface area contributed by atoms with Gasteiger partial charge < -0.3 is 10.6 Å². The molecule has 100 valence electrons. The highest BCUT2D eigenvalue weighted by Crippen LogP contribution is 2.04. The first kappa shape index (κ1) is 15.1. The van der Waals surface area contributed by atoms with E-state index in [0.717, 1.165) is 18.7 Å². The third-order valence-corrected chi connectivity index (χ3v) is 3.24. The minimum Gasteiger partial charge on any atom is -0.325 e. The highest BCUT2D eigenvalue weighted by molar-refractivity contribution is 7.98. The largest absolute Gasteiger partial charge is 0.325 e. The molecule has 0 spiro atoms. The molecule has 0 aliphatic carbocycles. The summed E-state index contributed by atoms with van der Waals surface area (Å²) in [5, 5.41) is 6.01. The number of carbonyl (C=O) groups is 1. The van der Waals surface area contributed by atoms with Crippen LogP contribution in [0.5, 0.6) is 0 Å². The van der Waals surface area contributed by atoms with E-state index in [1.165, 1.54) is 18.6 Å². The van der Waals surface area contributed by atoms with Gasteiger partial charge in [-0.05, 0) is 43.5 Å². The van der Waals surface area contributed by atoms with E-state index in [1.807, 2.05) is 42.1 Å². The van der Waals surface area contributed by atoms with Crippen molar-refractivity contribution in [2.45, 2.75) is 19.3 Å². The van der Waals surface area contributed by atoms with E-state index < -0.39 is 0 Å². The second-order valence-corrected chi connectivity index (χ2v) is 5.13. The molecule has 0 bridgehead atoms. The van der Waals surface area contributed by atoms with Gasteiger partial charge in [0.2, 0.25) is 5.91 Å². The van der Waals surface area contributed by atoms with E-state index in [2.05, 4.69) is 16.9 Å². The highest BCUT2D eigenvalue weighted by atomic mass is 32.2. The van der Waals surface area contributed by atoms with Gasteiger partial charge in [-0.15, -0.1) is 0 Å². The molecule has 0 saturated heterocycles. The number of hydrogen-bond donors (Lipinski definition) is 2. The number of anilines is 1. The fourth-order valence-electron chi connectivity index (χ4n) is 1.60. The van der Waals surface area contributed by atoms with Gasteiger partial charge in [0.1, 0.15) is 0 Å². The van der Waals surface area contributed by atoms with E-state index in [9.17, 15) is 4.79 Å². The average Bonchev–Trinajstić information content (AvgIpc) is 2.39. The van der Waals surface area contributed by atoms with Crippen molar-refractivity contribution in [1.82, 2.24) is 5.32 Å².